The third-order valence-electron chi connectivity index (χ3n) is 5.66. The maximum Gasteiger partial charge on any atom is 0.220 e. The van der Waals surface area contributed by atoms with Gasteiger partial charge in [0, 0.05) is 46.7 Å². The standard InChI is InChI=1S/C24H25ClN4O/c1-15-17(16(2)29-28-15)11-12-24(30)27-14-20(18-7-3-5-9-22(18)25)21-13-26-23-10-6-4-8-19(21)23/h3-10,13,20,26H,11-12,14H2,1-2H3,(H,27,30)(H,28,29)/t20-/m1/s1. The number of fused-ring (bicyclic) bond motifs is 1. The number of aromatic amines is 2. The molecule has 3 N–H and O–H groups in total. The molecule has 0 spiro atoms. The maximum atomic E-state index is 12.6. The van der Waals surface area contributed by atoms with Gasteiger partial charge < -0.3 is 10.3 Å². The van der Waals surface area contributed by atoms with Crippen LogP contribution < -0.4 is 5.32 Å². The lowest BCUT2D eigenvalue weighted by Crippen LogP contribution is -2.29. The van der Waals surface area contributed by atoms with E-state index in [1.54, 1.807) is 0 Å². The molecular formula is C24H25ClN4O. The second kappa shape index (κ2) is 8.76. The Morgan fingerprint density at radius 1 is 1.10 bits per heavy atom. The number of carbonyl (C=O) groups is 1. The zero-order valence-electron chi connectivity index (χ0n) is 17.1. The van der Waals surface area contributed by atoms with Gasteiger partial charge in [0.15, 0.2) is 0 Å². The smallest absolute Gasteiger partial charge is 0.220 e. The van der Waals surface area contributed by atoms with E-state index in [1.165, 1.54) is 0 Å². The van der Waals surface area contributed by atoms with Crippen LogP contribution in [0.1, 0.15) is 40.4 Å². The summed E-state index contributed by atoms with van der Waals surface area (Å²) in [6.45, 7) is 4.42. The molecule has 0 aliphatic carbocycles. The predicted molar refractivity (Wildman–Crippen MR) is 121 cm³/mol. The molecule has 2 aromatic heterocycles. The fourth-order valence-electron chi connectivity index (χ4n) is 4.01. The summed E-state index contributed by atoms with van der Waals surface area (Å²) < 4.78 is 0. The lowest BCUT2D eigenvalue weighted by molar-refractivity contribution is -0.121. The lowest BCUT2D eigenvalue weighted by atomic mass is 9.90. The van der Waals surface area contributed by atoms with Gasteiger partial charge in [-0.15, -0.1) is 0 Å². The van der Waals surface area contributed by atoms with Gasteiger partial charge in [-0.1, -0.05) is 48.0 Å². The van der Waals surface area contributed by atoms with Gasteiger partial charge in [-0.05, 0) is 49.1 Å². The van der Waals surface area contributed by atoms with Crippen LogP contribution >= 0.6 is 11.6 Å². The van der Waals surface area contributed by atoms with E-state index in [4.69, 9.17) is 11.6 Å². The van der Waals surface area contributed by atoms with Crippen LogP contribution in [0.25, 0.3) is 10.9 Å². The summed E-state index contributed by atoms with van der Waals surface area (Å²) in [5.74, 6) is -0.0249. The fourth-order valence-corrected chi connectivity index (χ4v) is 4.28. The Hall–Kier alpha value is -3.05. The Morgan fingerprint density at radius 3 is 2.63 bits per heavy atom. The molecule has 0 aliphatic rings. The molecule has 2 heterocycles. The molecule has 2 aromatic carbocycles. The number of hydrogen-bond donors (Lipinski definition) is 3. The minimum atomic E-state index is -0.0452. The Kier molecular flexibility index (Phi) is 5.91. The second-order valence-electron chi connectivity index (χ2n) is 7.58. The minimum absolute atomic E-state index is 0.0203. The first-order valence-electron chi connectivity index (χ1n) is 10.1. The van der Waals surface area contributed by atoms with Crippen LogP contribution in [0.5, 0.6) is 0 Å². The first-order chi connectivity index (χ1) is 14.5. The number of aryl methyl sites for hydroxylation is 2. The van der Waals surface area contributed by atoms with Crippen LogP contribution in [-0.4, -0.2) is 27.6 Å². The van der Waals surface area contributed by atoms with E-state index in [-0.39, 0.29) is 11.8 Å². The first kappa shape index (κ1) is 20.2. The van der Waals surface area contributed by atoms with E-state index in [2.05, 4.69) is 32.6 Å². The average Bonchev–Trinajstić information content (AvgIpc) is 3.31. The summed E-state index contributed by atoms with van der Waals surface area (Å²) in [4.78, 5) is 16.0. The van der Waals surface area contributed by atoms with Crippen molar-refractivity contribution in [1.29, 1.82) is 0 Å². The molecule has 0 saturated carbocycles. The minimum Gasteiger partial charge on any atom is -0.361 e. The van der Waals surface area contributed by atoms with Crippen LogP contribution in [-0.2, 0) is 11.2 Å². The van der Waals surface area contributed by atoms with E-state index < -0.39 is 0 Å². The van der Waals surface area contributed by atoms with Crippen LogP contribution in [0, 0.1) is 13.8 Å². The summed E-state index contributed by atoms with van der Waals surface area (Å²) in [5.41, 5.74) is 6.29. The first-order valence-corrected chi connectivity index (χ1v) is 10.5. The van der Waals surface area contributed by atoms with Crippen LogP contribution in [0.3, 0.4) is 0 Å². The van der Waals surface area contributed by atoms with Gasteiger partial charge in [-0.25, -0.2) is 0 Å². The number of amides is 1. The van der Waals surface area contributed by atoms with Gasteiger partial charge in [-0.2, -0.15) is 5.10 Å². The topological polar surface area (TPSA) is 73.6 Å². The Labute approximate surface area is 180 Å². The van der Waals surface area contributed by atoms with Gasteiger partial charge in [-0.3, -0.25) is 9.89 Å². The third-order valence-corrected chi connectivity index (χ3v) is 6.01. The Morgan fingerprint density at radius 2 is 1.87 bits per heavy atom. The van der Waals surface area contributed by atoms with Crippen molar-refractivity contribution in [3.05, 3.63) is 87.8 Å². The molecule has 4 rings (SSSR count). The normalized spacial score (nSPS) is 12.2. The van der Waals surface area contributed by atoms with Crippen molar-refractivity contribution >= 4 is 28.4 Å². The molecule has 1 atom stereocenters. The summed E-state index contributed by atoms with van der Waals surface area (Å²) in [6.07, 6.45) is 3.11. The van der Waals surface area contributed by atoms with Gasteiger partial charge in [0.25, 0.3) is 0 Å². The number of nitrogens with one attached hydrogen (secondary N) is 3. The van der Waals surface area contributed by atoms with Gasteiger partial charge in [0.05, 0.1) is 5.69 Å². The van der Waals surface area contributed by atoms with Crippen LogP contribution in [0.2, 0.25) is 5.02 Å². The highest BCUT2D eigenvalue weighted by Crippen LogP contribution is 2.34. The fraction of sp³-hybridized carbons (Fsp3) is 0.250. The zero-order chi connectivity index (χ0) is 21.1. The lowest BCUT2D eigenvalue weighted by Gasteiger charge is -2.19. The molecule has 6 heteroatoms. The Bertz CT molecular complexity index is 1160. The summed E-state index contributed by atoms with van der Waals surface area (Å²) in [5, 5.41) is 12.1. The number of carbonyl (C=O) groups excluding carboxylic acids is 1. The average molecular weight is 421 g/mol. The number of aromatic nitrogens is 3. The molecule has 1 amide bonds. The monoisotopic (exact) mass is 420 g/mol. The van der Waals surface area contributed by atoms with E-state index in [0.29, 0.717) is 24.4 Å². The van der Waals surface area contributed by atoms with E-state index in [0.717, 1.165) is 39.0 Å². The van der Waals surface area contributed by atoms with E-state index in [9.17, 15) is 4.79 Å². The SMILES string of the molecule is Cc1n[nH]c(C)c1CCC(=O)NC[C@H](c1ccccc1Cl)c1c[nH]c2ccccc12. The molecule has 5 nitrogen and oxygen atoms in total. The molecule has 0 unspecified atom stereocenters. The third kappa shape index (κ3) is 4.12. The van der Waals surface area contributed by atoms with Crippen LogP contribution in [0.4, 0.5) is 0 Å². The van der Waals surface area contributed by atoms with Gasteiger partial charge in [0.2, 0.25) is 5.91 Å². The zero-order valence-corrected chi connectivity index (χ0v) is 17.9. The van der Waals surface area contributed by atoms with Gasteiger partial charge >= 0.3 is 0 Å². The molecule has 4 aromatic rings. The summed E-state index contributed by atoms with van der Waals surface area (Å²) in [6, 6.07) is 16.0. The number of rotatable bonds is 7. The van der Waals surface area contributed by atoms with Crippen molar-refractivity contribution < 1.29 is 4.79 Å². The van der Waals surface area contributed by atoms with Crippen molar-refractivity contribution in [3.8, 4) is 0 Å². The largest absolute Gasteiger partial charge is 0.361 e. The van der Waals surface area contributed by atoms with Crippen molar-refractivity contribution in [2.45, 2.75) is 32.6 Å². The Balaban J connectivity index is 1.54. The summed E-state index contributed by atoms with van der Waals surface area (Å²) >= 11 is 6.53. The molecule has 30 heavy (non-hydrogen) atoms. The molecule has 0 saturated heterocycles. The number of nitrogens with zero attached hydrogens (tertiary/aromatic N) is 1. The second-order valence-corrected chi connectivity index (χ2v) is 7.99. The van der Waals surface area contributed by atoms with E-state index >= 15 is 0 Å². The number of benzene rings is 2. The van der Waals surface area contributed by atoms with Crippen molar-refractivity contribution in [3.63, 3.8) is 0 Å². The van der Waals surface area contributed by atoms with Crippen molar-refractivity contribution in [2.24, 2.45) is 0 Å². The molecule has 154 valence electrons. The van der Waals surface area contributed by atoms with Crippen molar-refractivity contribution in [1.82, 2.24) is 20.5 Å². The molecule has 0 radical (unpaired) electrons. The highest BCUT2D eigenvalue weighted by Gasteiger charge is 2.21. The van der Waals surface area contributed by atoms with E-state index in [1.807, 2.05) is 56.4 Å². The summed E-state index contributed by atoms with van der Waals surface area (Å²) in [7, 11) is 0. The number of para-hydroxylation sites is 1. The molecular weight excluding hydrogens is 396 g/mol. The number of H-pyrrole nitrogens is 2. The predicted octanol–water partition coefficient (Wildman–Crippen LogP) is 5.04. The quantitative estimate of drug-likeness (QED) is 0.391. The van der Waals surface area contributed by atoms with Crippen LogP contribution in [0.15, 0.2) is 54.7 Å². The number of hydrogen-bond acceptors (Lipinski definition) is 2. The van der Waals surface area contributed by atoms with Crippen molar-refractivity contribution in [2.75, 3.05) is 6.54 Å². The number of halogens is 1. The van der Waals surface area contributed by atoms with Gasteiger partial charge in [0.1, 0.15) is 0 Å². The maximum absolute atomic E-state index is 12.6. The highest BCUT2D eigenvalue weighted by atomic mass is 35.5. The molecule has 0 fully saturated rings. The molecule has 0 aliphatic heterocycles. The molecule has 0 bridgehead atoms. The highest BCUT2D eigenvalue weighted by molar-refractivity contribution is 6.31.